The van der Waals surface area contributed by atoms with Crippen molar-refractivity contribution in [2.24, 2.45) is 5.92 Å². The molecule has 0 saturated heterocycles. The van der Waals surface area contributed by atoms with Gasteiger partial charge in [-0.2, -0.15) is 0 Å². The highest BCUT2D eigenvalue weighted by atomic mass is 16.5. The average molecular weight is 451 g/mol. The molecule has 1 aromatic heterocycles. The van der Waals surface area contributed by atoms with Gasteiger partial charge in [0.05, 0.1) is 29.3 Å². The Morgan fingerprint density at radius 3 is 2.42 bits per heavy atom. The van der Waals surface area contributed by atoms with Gasteiger partial charge in [0, 0.05) is 6.07 Å². The summed E-state index contributed by atoms with van der Waals surface area (Å²) in [4.78, 5) is 29.5. The molecular weight excluding hydrogens is 416 g/mol. The number of hydrogen-bond acceptors (Lipinski definition) is 4. The monoisotopic (exact) mass is 450 g/mol. The van der Waals surface area contributed by atoms with Crippen molar-refractivity contribution in [3.8, 4) is 5.88 Å². The van der Waals surface area contributed by atoms with Gasteiger partial charge in [-0.25, -0.2) is 9.78 Å². The molecule has 6 heteroatoms. The maximum atomic E-state index is 13.6. The van der Waals surface area contributed by atoms with E-state index < -0.39 is 11.4 Å². The number of carbonyl (C=O) groups excluding carboxylic acids is 1. The number of aromatic carboxylic acids is 1. The highest BCUT2D eigenvalue weighted by molar-refractivity contribution is 5.89. The molecule has 2 fully saturated rings. The number of nitrogens with zero attached hydrogens (tertiary/aromatic N) is 1. The Kier molecular flexibility index (Phi) is 7.31. The zero-order valence-corrected chi connectivity index (χ0v) is 19.4. The van der Waals surface area contributed by atoms with Crippen LogP contribution in [0.25, 0.3) is 0 Å². The number of aromatic nitrogens is 1. The molecule has 4 rings (SSSR count). The third-order valence-corrected chi connectivity index (χ3v) is 7.30. The lowest BCUT2D eigenvalue weighted by Gasteiger charge is -2.29. The number of amides is 1. The van der Waals surface area contributed by atoms with Crippen molar-refractivity contribution in [1.29, 1.82) is 0 Å². The number of pyridine rings is 1. The van der Waals surface area contributed by atoms with E-state index in [1.165, 1.54) is 32.1 Å². The van der Waals surface area contributed by atoms with Crippen molar-refractivity contribution in [2.45, 2.75) is 76.2 Å². The number of benzene rings is 1. The van der Waals surface area contributed by atoms with E-state index in [-0.39, 0.29) is 17.5 Å². The molecule has 176 valence electrons. The Bertz CT molecular complexity index is 960. The number of hydrogen-bond donors (Lipinski definition) is 2. The lowest BCUT2D eigenvalue weighted by Crippen LogP contribution is -2.44. The molecule has 0 spiro atoms. The van der Waals surface area contributed by atoms with Gasteiger partial charge in [-0.1, -0.05) is 50.3 Å². The van der Waals surface area contributed by atoms with E-state index in [9.17, 15) is 9.59 Å². The van der Waals surface area contributed by atoms with Gasteiger partial charge in [-0.15, -0.1) is 0 Å². The standard InChI is InChI=1S/C27H34N2O4/c1-19(21-12-14-22(15-13-21)25(30)31)28-26(32)27(16-5-6-17-27)23-10-7-11-24(29-23)33-18-20-8-3-2-4-9-20/h7,10-15,19-20H,2-6,8-9,16-18H2,1H3,(H,28,32)(H,30,31). The summed E-state index contributed by atoms with van der Waals surface area (Å²) in [6, 6.07) is 12.2. The molecule has 2 N–H and O–H groups in total. The molecule has 0 bridgehead atoms. The van der Waals surface area contributed by atoms with Gasteiger partial charge in [-0.05, 0) is 62.3 Å². The summed E-state index contributed by atoms with van der Waals surface area (Å²) in [6.07, 6.45) is 9.84. The van der Waals surface area contributed by atoms with Crippen LogP contribution in [-0.2, 0) is 10.2 Å². The second-order valence-corrected chi connectivity index (χ2v) is 9.59. The smallest absolute Gasteiger partial charge is 0.335 e. The van der Waals surface area contributed by atoms with Crippen molar-refractivity contribution in [2.75, 3.05) is 6.61 Å². The van der Waals surface area contributed by atoms with Gasteiger partial charge in [0.2, 0.25) is 11.8 Å². The molecule has 0 aliphatic heterocycles. The van der Waals surface area contributed by atoms with Crippen molar-refractivity contribution in [1.82, 2.24) is 10.3 Å². The molecule has 33 heavy (non-hydrogen) atoms. The number of ether oxygens (including phenoxy) is 1. The van der Waals surface area contributed by atoms with Crippen molar-refractivity contribution in [3.05, 3.63) is 59.3 Å². The molecule has 0 radical (unpaired) electrons. The Balaban J connectivity index is 1.47. The molecular formula is C27H34N2O4. The van der Waals surface area contributed by atoms with Crippen LogP contribution in [0.5, 0.6) is 5.88 Å². The molecule has 2 aromatic rings. The first-order valence-corrected chi connectivity index (χ1v) is 12.2. The largest absolute Gasteiger partial charge is 0.478 e. The summed E-state index contributed by atoms with van der Waals surface area (Å²) in [5, 5.41) is 12.3. The maximum Gasteiger partial charge on any atom is 0.335 e. The predicted molar refractivity (Wildman–Crippen MR) is 126 cm³/mol. The third-order valence-electron chi connectivity index (χ3n) is 7.30. The van der Waals surface area contributed by atoms with Crippen LogP contribution >= 0.6 is 0 Å². The van der Waals surface area contributed by atoms with E-state index in [1.807, 2.05) is 25.1 Å². The second kappa shape index (κ2) is 10.4. The SMILES string of the molecule is CC(NC(=O)C1(c2cccc(OCC3CCCCC3)n2)CCCC1)c1ccc(C(=O)O)cc1. The lowest BCUT2D eigenvalue weighted by molar-refractivity contribution is -0.127. The van der Waals surface area contributed by atoms with Crippen LogP contribution in [0.15, 0.2) is 42.5 Å². The average Bonchev–Trinajstić information content (AvgIpc) is 3.35. The normalized spacial score (nSPS) is 19.1. The summed E-state index contributed by atoms with van der Waals surface area (Å²) < 4.78 is 6.06. The minimum atomic E-state index is -0.959. The number of nitrogens with one attached hydrogen (secondary N) is 1. The Morgan fingerprint density at radius 1 is 1.06 bits per heavy atom. The fourth-order valence-electron chi connectivity index (χ4n) is 5.23. The van der Waals surface area contributed by atoms with Gasteiger partial charge in [-0.3, -0.25) is 4.79 Å². The number of rotatable bonds is 8. The topological polar surface area (TPSA) is 88.5 Å². The maximum absolute atomic E-state index is 13.6. The molecule has 1 heterocycles. The summed E-state index contributed by atoms with van der Waals surface area (Å²) in [5.74, 6) is 0.224. The quantitative estimate of drug-likeness (QED) is 0.560. The van der Waals surface area contributed by atoms with E-state index in [2.05, 4.69) is 5.32 Å². The second-order valence-electron chi connectivity index (χ2n) is 9.59. The molecule has 1 aromatic carbocycles. The molecule has 2 saturated carbocycles. The van der Waals surface area contributed by atoms with E-state index in [1.54, 1.807) is 24.3 Å². The van der Waals surface area contributed by atoms with Crippen LogP contribution in [0.2, 0.25) is 0 Å². The summed E-state index contributed by atoms with van der Waals surface area (Å²) >= 11 is 0. The molecule has 1 unspecified atom stereocenters. The van der Waals surface area contributed by atoms with Crippen molar-refractivity contribution < 1.29 is 19.4 Å². The van der Waals surface area contributed by atoms with Gasteiger partial charge in [0.1, 0.15) is 0 Å². The molecule has 1 amide bonds. The molecule has 1 atom stereocenters. The zero-order valence-electron chi connectivity index (χ0n) is 19.4. The first kappa shape index (κ1) is 23.3. The molecule has 2 aliphatic rings. The Hall–Kier alpha value is -2.89. The summed E-state index contributed by atoms with van der Waals surface area (Å²) in [5.41, 5.74) is 1.24. The first-order valence-electron chi connectivity index (χ1n) is 12.2. The number of carboxylic acids is 1. The number of carbonyl (C=O) groups is 2. The van der Waals surface area contributed by atoms with Gasteiger partial charge >= 0.3 is 5.97 Å². The molecule has 2 aliphatic carbocycles. The van der Waals surface area contributed by atoms with E-state index in [4.69, 9.17) is 14.8 Å². The van der Waals surface area contributed by atoms with E-state index in [0.717, 1.165) is 36.9 Å². The molecule has 6 nitrogen and oxygen atoms in total. The van der Waals surface area contributed by atoms with E-state index in [0.29, 0.717) is 18.4 Å². The Labute approximate surface area is 195 Å². The zero-order chi connectivity index (χ0) is 23.3. The first-order chi connectivity index (χ1) is 16.0. The highest BCUT2D eigenvalue weighted by Crippen LogP contribution is 2.41. The Morgan fingerprint density at radius 2 is 1.76 bits per heavy atom. The van der Waals surface area contributed by atoms with Crippen molar-refractivity contribution >= 4 is 11.9 Å². The van der Waals surface area contributed by atoms with Crippen molar-refractivity contribution in [3.63, 3.8) is 0 Å². The minimum absolute atomic E-state index is 0.0215. The van der Waals surface area contributed by atoms with Crippen LogP contribution in [0.1, 0.15) is 92.4 Å². The third kappa shape index (κ3) is 5.37. The highest BCUT2D eigenvalue weighted by Gasteiger charge is 2.44. The fourth-order valence-corrected chi connectivity index (χ4v) is 5.23. The van der Waals surface area contributed by atoms with Crippen LogP contribution in [0.3, 0.4) is 0 Å². The minimum Gasteiger partial charge on any atom is -0.478 e. The fraction of sp³-hybridized carbons (Fsp3) is 0.519. The number of carboxylic acid groups (broad SMARTS) is 1. The van der Waals surface area contributed by atoms with Gasteiger partial charge in [0.25, 0.3) is 0 Å². The van der Waals surface area contributed by atoms with Crippen LogP contribution < -0.4 is 10.1 Å². The van der Waals surface area contributed by atoms with Crippen LogP contribution in [0.4, 0.5) is 0 Å². The van der Waals surface area contributed by atoms with Crippen LogP contribution in [0, 0.1) is 5.92 Å². The van der Waals surface area contributed by atoms with Crippen LogP contribution in [-0.4, -0.2) is 28.6 Å². The lowest BCUT2D eigenvalue weighted by atomic mass is 9.80. The van der Waals surface area contributed by atoms with Gasteiger partial charge < -0.3 is 15.2 Å². The van der Waals surface area contributed by atoms with Gasteiger partial charge in [0.15, 0.2) is 0 Å². The van der Waals surface area contributed by atoms with E-state index >= 15 is 0 Å². The summed E-state index contributed by atoms with van der Waals surface area (Å²) in [7, 11) is 0. The summed E-state index contributed by atoms with van der Waals surface area (Å²) in [6.45, 7) is 2.62. The predicted octanol–water partition coefficient (Wildman–Crippen LogP) is 5.43.